The molecule has 1 amide bonds. The Morgan fingerprint density at radius 2 is 2.30 bits per heavy atom. The number of pyridine rings is 1. The highest BCUT2D eigenvalue weighted by molar-refractivity contribution is 7.13. The summed E-state index contributed by atoms with van der Waals surface area (Å²) in [6.45, 7) is 4.07. The van der Waals surface area contributed by atoms with Gasteiger partial charge in [0, 0.05) is 24.0 Å². The zero-order valence-corrected chi connectivity index (χ0v) is 12.6. The SMILES string of the molecule is CCC(C)NC(=O)CCc1csc(-c2ccccn2)n1. The quantitative estimate of drug-likeness (QED) is 0.889. The summed E-state index contributed by atoms with van der Waals surface area (Å²) < 4.78 is 0. The molecule has 2 rings (SSSR count). The van der Waals surface area contributed by atoms with Gasteiger partial charge in [-0.05, 0) is 31.9 Å². The van der Waals surface area contributed by atoms with E-state index in [9.17, 15) is 4.79 Å². The summed E-state index contributed by atoms with van der Waals surface area (Å²) in [6, 6.07) is 6.01. The van der Waals surface area contributed by atoms with Gasteiger partial charge in [-0.2, -0.15) is 0 Å². The van der Waals surface area contributed by atoms with Gasteiger partial charge in [0.25, 0.3) is 0 Å². The Kier molecular flexibility index (Phi) is 5.24. The highest BCUT2D eigenvalue weighted by Gasteiger charge is 2.09. The molecule has 0 bridgehead atoms. The average molecular weight is 289 g/mol. The lowest BCUT2D eigenvalue weighted by atomic mass is 10.2. The zero-order valence-electron chi connectivity index (χ0n) is 11.8. The standard InChI is InChI=1S/C15H19N3OS/c1-3-11(2)17-14(19)8-7-12-10-20-15(18-12)13-6-4-5-9-16-13/h4-6,9-11H,3,7-8H2,1-2H3,(H,17,19). The minimum atomic E-state index is 0.0896. The van der Waals surface area contributed by atoms with E-state index in [0.29, 0.717) is 12.8 Å². The van der Waals surface area contributed by atoms with Crippen LogP contribution >= 0.6 is 11.3 Å². The van der Waals surface area contributed by atoms with E-state index in [0.717, 1.165) is 22.8 Å². The molecule has 4 nitrogen and oxygen atoms in total. The molecule has 2 aromatic rings. The monoisotopic (exact) mass is 289 g/mol. The normalized spacial score (nSPS) is 12.1. The van der Waals surface area contributed by atoms with E-state index in [1.54, 1.807) is 17.5 Å². The summed E-state index contributed by atoms with van der Waals surface area (Å²) in [7, 11) is 0. The Hall–Kier alpha value is -1.75. The molecule has 1 atom stereocenters. The Morgan fingerprint density at radius 1 is 1.45 bits per heavy atom. The number of nitrogens with zero attached hydrogens (tertiary/aromatic N) is 2. The van der Waals surface area contributed by atoms with E-state index in [4.69, 9.17) is 0 Å². The summed E-state index contributed by atoms with van der Waals surface area (Å²) >= 11 is 1.57. The number of thiazole rings is 1. The number of aryl methyl sites for hydroxylation is 1. The molecule has 106 valence electrons. The van der Waals surface area contributed by atoms with Gasteiger partial charge in [-0.3, -0.25) is 9.78 Å². The van der Waals surface area contributed by atoms with Gasteiger partial charge >= 0.3 is 0 Å². The van der Waals surface area contributed by atoms with Crippen molar-refractivity contribution in [2.24, 2.45) is 0 Å². The van der Waals surface area contributed by atoms with Crippen molar-refractivity contribution in [3.05, 3.63) is 35.5 Å². The predicted molar refractivity (Wildman–Crippen MR) is 81.6 cm³/mol. The molecule has 0 aliphatic carbocycles. The van der Waals surface area contributed by atoms with Crippen LogP contribution in [0.25, 0.3) is 10.7 Å². The van der Waals surface area contributed by atoms with Crippen molar-refractivity contribution in [2.75, 3.05) is 0 Å². The molecule has 0 radical (unpaired) electrons. The predicted octanol–water partition coefficient (Wildman–Crippen LogP) is 3.05. The third-order valence-electron chi connectivity index (χ3n) is 3.06. The van der Waals surface area contributed by atoms with Crippen LogP contribution in [0.15, 0.2) is 29.8 Å². The van der Waals surface area contributed by atoms with E-state index >= 15 is 0 Å². The molecular formula is C15H19N3OS. The first-order chi connectivity index (χ1) is 9.69. The van der Waals surface area contributed by atoms with Gasteiger partial charge < -0.3 is 5.32 Å². The second kappa shape index (κ2) is 7.14. The minimum Gasteiger partial charge on any atom is -0.354 e. The lowest BCUT2D eigenvalue weighted by Gasteiger charge is -2.10. The van der Waals surface area contributed by atoms with E-state index in [1.165, 1.54) is 0 Å². The van der Waals surface area contributed by atoms with Gasteiger partial charge in [0.2, 0.25) is 5.91 Å². The molecular weight excluding hydrogens is 270 g/mol. The number of nitrogens with one attached hydrogen (secondary N) is 1. The van der Waals surface area contributed by atoms with E-state index < -0.39 is 0 Å². The Bertz CT molecular complexity index is 553. The fraction of sp³-hybridized carbons (Fsp3) is 0.400. The number of carbonyl (C=O) groups is 1. The number of carbonyl (C=O) groups excluding carboxylic acids is 1. The molecule has 5 heteroatoms. The highest BCUT2D eigenvalue weighted by atomic mass is 32.1. The molecule has 2 heterocycles. The van der Waals surface area contributed by atoms with Crippen LogP contribution in [-0.4, -0.2) is 21.9 Å². The summed E-state index contributed by atoms with van der Waals surface area (Å²) in [5.74, 6) is 0.0896. The zero-order chi connectivity index (χ0) is 14.4. The van der Waals surface area contributed by atoms with Crippen LogP contribution in [0.2, 0.25) is 0 Å². The van der Waals surface area contributed by atoms with Gasteiger partial charge in [0.05, 0.1) is 11.4 Å². The van der Waals surface area contributed by atoms with Gasteiger partial charge in [0.1, 0.15) is 5.01 Å². The molecule has 0 saturated carbocycles. The largest absolute Gasteiger partial charge is 0.354 e. The van der Waals surface area contributed by atoms with Crippen LogP contribution in [0.5, 0.6) is 0 Å². The molecule has 2 aromatic heterocycles. The van der Waals surface area contributed by atoms with Crippen LogP contribution in [-0.2, 0) is 11.2 Å². The van der Waals surface area contributed by atoms with Gasteiger partial charge in [-0.25, -0.2) is 4.98 Å². The number of hydrogen-bond acceptors (Lipinski definition) is 4. The number of rotatable bonds is 6. The molecule has 0 fully saturated rings. The van der Waals surface area contributed by atoms with Crippen LogP contribution < -0.4 is 5.32 Å². The summed E-state index contributed by atoms with van der Waals surface area (Å²) in [5.41, 5.74) is 1.84. The topological polar surface area (TPSA) is 54.9 Å². The molecule has 0 aliphatic heterocycles. The number of hydrogen-bond donors (Lipinski definition) is 1. The first-order valence-corrected chi connectivity index (χ1v) is 7.72. The number of aromatic nitrogens is 2. The third kappa shape index (κ3) is 4.13. The minimum absolute atomic E-state index is 0.0896. The average Bonchev–Trinajstić information content (AvgIpc) is 2.95. The summed E-state index contributed by atoms with van der Waals surface area (Å²) in [4.78, 5) is 20.5. The molecule has 0 aliphatic rings. The van der Waals surface area contributed by atoms with Crippen LogP contribution in [0, 0.1) is 0 Å². The Morgan fingerprint density at radius 3 is 3.00 bits per heavy atom. The van der Waals surface area contributed by atoms with Crippen molar-refractivity contribution in [1.29, 1.82) is 0 Å². The summed E-state index contributed by atoms with van der Waals surface area (Å²) in [6.07, 6.45) is 3.86. The number of amides is 1. The molecule has 20 heavy (non-hydrogen) atoms. The van der Waals surface area contributed by atoms with Crippen LogP contribution in [0.4, 0.5) is 0 Å². The van der Waals surface area contributed by atoms with Crippen molar-refractivity contribution >= 4 is 17.2 Å². The maximum Gasteiger partial charge on any atom is 0.220 e. The lowest BCUT2D eigenvalue weighted by Crippen LogP contribution is -2.32. The van der Waals surface area contributed by atoms with Gasteiger partial charge in [-0.1, -0.05) is 13.0 Å². The highest BCUT2D eigenvalue weighted by Crippen LogP contribution is 2.21. The van der Waals surface area contributed by atoms with Gasteiger partial charge in [0.15, 0.2) is 0 Å². The van der Waals surface area contributed by atoms with Crippen molar-refractivity contribution in [3.63, 3.8) is 0 Å². The van der Waals surface area contributed by atoms with E-state index in [1.807, 2.05) is 30.5 Å². The third-order valence-corrected chi connectivity index (χ3v) is 3.98. The first kappa shape index (κ1) is 14.7. The molecule has 1 unspecified atom stereocenters. The smallest absolute Gasteiger partial charge is 0.220 e. The second-order valence-corrected chi connectivity index (χ2v) is 5.59. The van der Waals surface area contributed by atoms with E-state index in [-0.39, 0.29) is 11.9 Å². The first-order valence-electron chi connectivity index (χ1n) is 6.84. The Balaban J connectivity index is 1.89. The molecule has 0 aromatic carbocycles. The van der Waals surface area contributed by atoms with Gasteiger partial charge in [-0.15, -0.1) is 11.3 Å². The van der Waals surface area contributed by atoms with Crippen LogP contribution in [0.1, 0.15) is 32.4 Å². The lowest BCUT2D eigenvalue weighted by molar-refractivity contribution is -0.121. The summed E-state index contributed by atoms with van der Waals surface area (Å²) in [5, 5.41) is 5.87. The second-order valence-electron chi connectivity index (χ2n) is 4.74. The molecule has 1 N–H and O–H groups in total. The maximum atomic E-state index is 11.7. The van der Waals surface area contributed by atoms with Crippen molar-refractivity contribution in [3.8, 4) is 10.7 Å². The molecule has 0 spiro atoms. The van der Waals surface area contributed by atoms with Crippen LogP contribution in [0.3, 0.4) is 0 Å². The van der Waals surface area contributed by atoms with E-state index in [2.05, 4.69) is 22.2 Å². The maximum absolute atomic E-state index is 11.7. The van der Waals surface area contributed by atoms with Crippen molar-refractivity contribution in [1.82, 2.24) is 15.3 Å². The van der Waals surface area contributed by atoms with Crippen molar-refractivity contribution in [2.45, 2.75) is 39.2 Å². The fourth-order valence-corrected chi connectivity index (χ4v) is 2.55. The fourth-order valence-electron chi connectivity index (χ4n) is 1.72. The molecule has 0 saturated heterocycles. The Labute approximate surface area is 123 Å². The van der Waals surface area contributed by atoms with Crippen molar-refractivity contribution < 1.29 is 4.79 Å².